The van der Waals surface area contributed by atoms with E-state index in [1.54, 1.807) is 25.1 Å². The van der Waals surface area contributed by atoms with Crippen LogP contribution >= 0.6 is 0 Å². The topological polar surface area (TPSA) is 74.6 Å². The number of rotatable bonds is 2. The van der Waals surface area contributed by atoms with Crippen molar-refractivity contribution in [3.05, 3.63) is 41.5 Å². The molecule has 2 aromatic carbocycles. The second-order valence-corrected chi connectivity index (χ2v) is 5.40. The predicted molar refractivity (Wildman–Crippen MR) is 65.6 cm³/mol. The third kappa shape index (κ3) is 2.40. The molecular weight excluding hydrogens is 240 g/mol. The summed E-state index contributed by atoms with van der Waals surface area (Å²) in [7, 11) is -4.11. The standard InChI is InChI=1S/C12H12O4S/c1-8-10-4-2-3-5-11(10)9(6-12(8)13)7-17(14,15)16/h2-6,13H,7H2,1H3,(H,14,15,16). The monoisotopic (exact) mass is 252 g/mol. The van der Waals surface area contributed by atoms with E-state index in [9.17, 15) is 13.5 Å². The molecule has 90 valence electrons. The molecule has 0 aliphatic carbocycles. The van der Waals surface area contributed by atoms with Crippen LogP contribution in [0.1, 0.15) is 11.1 Å². The van der Waals surface area contributed by atoms with Crippen LogP contribution in [-0.4, -0.2) is 18.1 Å². The molecule has 0 unspecified atom stereocenters. The molecule has 0 saturated carbocycles. The van der Waals surface area contributed by atoms with Crippen LogP contribution in [0.3, 0.4) is 0 Å². The number of fused-ring (bicyclic) bond motifs is 1. The third-order valence-electron chi connectivity index (χ3n) is 2.71. The van der Waals surface area contributed by atoms with E-state index >= 15 is 0 Å². The molecule has 4 nitrogen and oxygen atoms in total. The largest absolute Gasteiger partial charge is 0.508 e. The highest BCUT2D eigenvalue weighted by molar-refractivity contribution is 7.85. The molecule has 17 heavy (non-hydrogen) atoms. The van der Waals surface area contributed by atoms with Gasteiger partial charge in [-0.05, 0) is 34.9 Å². The van der Waals surface area contributed by atoms with Gasteiger partial charge >= 0.3 is 0 Å². The number of hydrogen-bond acceptors (Lipinski definition) is 3. The highest BCUT2D eigenvalue weighted by Gasteiger charge is 2.13. The van der Waals surface area contributed by atoms with Crippen LogP contribution in [0.5, 0.6) is 5.75 Å². The van der Waals surface area contributed by atoms with Crippen LogP contribution in [0.25, 0.3) is 10.8 Å². The zero-order chi connectivity index (χ0) is 12.6. The average molecular weight is 252 g/mol. The molecule has 0 bridgehead atoms. The number of phenolic OH excluding ortho intramolecular Hbond substituents is 1. The van der Waals surface area contributed by atoms with Gasteiger partial charge in [-0.3, -0.25) is 4.55 Å². The fourth-order valence-electron chi connectivity index (χ4n) is 1.90. The first kappa shape index (κ1) is 11.9. The molecule has 0 saturated heterocycles. The Bertz CT molecular complexity index is 674. The van der Waals surface area contributed by atoms with Crippen molar-refractivity contribution in [2.45, 2.75) is 12.7 Å². The van der Waals surface area contributed by atoms with Gasteiger partial charge in [-0.1, -0.05) is 24.3 Å². The Balaban J connectivity index is 2.76. The molecule has 0 amide bonds. The van der Waals surface area contributed by atoms with Gasteiger partial charge in [-0.25, -0.2) is 0 Å². The van der Waals surface area contributed by atoms with Gasteiger partial charge in [0.15, 0.2) is 0 Å². The minimum Gasteiger partial charge on any atom is -0.508 e. The molecule has 0 spiro atoms. The Morgan fingerprint density at radius 1 is 1.18 bits per heavy atom. The van der Waals surface area contributed by atoms with Crippen LogP contribution in [0, 0.1) is 6.92 Å². The minimum absolute atomic E-state index is 0.0300. The number of aryl methyl sites for hydroxylation is 1. The summed E-state index contributed by atoms with van der Waals surface area (Å²) in [4.78, 5) is 0. The maximum Gasteiger partial charge on any atom is 0.269 e. The SMILES string of the molecule is Cc1c(O)cc(CS(=O)(=O)O)c2ccccc12. The van der Waals surface area contributed by atoms with Crippen LogP contribution in [0.2, 0.25) is 0 Å². The van der Waals surface area contributed by atoms with E-state index in [0.717, 1.165) is 10.8 Å². The maximum absolute atomic E-state index is 10.9. The van der Waals surface area contributed by atoms with Crippen molar-refractivity contribution < 1.29 is 18.1 Å². The molecule has 2 aromatic rings. The fourth-order valence-corrected chi connectivity index (χ4v) is 2.53. The average Bonchev–Trinajstić information content (AvgIpc) is 2.24. The van der Waals surface area contributed by atoms with Crippen molar-refractivity contribution in [3.63, 3.8) is 0 Å². The van der Waals surface area contributed by atoms with Crippen LogP contribution < -0.4 is 0 Å². The van der Waals surface area contributed by atoms with E-state index < -0.39 is 15.9 Å². The van der Waals surface area contributed by atoms with Crippen LogP contribution in [0.15, 0.2) is 30.3 Å². The first-order valence-electron chi connectivity index (χ1n) is 5.04. The first-order valence-corrected chi connectivity index (χ1v) is 6.65. The second-order valence-electron chi connectivity index (χ2n) is 3.95. The van der Waals surface area contributed by atoms with Gasteiger partial charge in [0.2, 0.25) is 0 Å². The Kier molecular flexibility index (Phi) is 2.81. The Morgan fingerprint density at radius 3 is 2.35 bits per heavy atom. The van der Waals surface area contributed by atoms with Gasteiger partial charge in [-0.15, -0.1) is 0 Å². The predicted octanol–water partition coefficient (Wildman–Crippen LogP) is 2.24. The molecule has 5 heteroatoms. The van der Waals surface area contributed by atoms with Crippen molar-refractivity contribution in [2.24, 2.45) is 0 Å². The first-order chi connectivity index (χ1) is 7.88. The lowest BCUT2D eigenvalue weighted by atomic mass is 10.0. The quantitative estimate of drug-likeness (QED) is 0.804. The van der Waals surface area contributed by atoms with Gasteiger partial charge < -0.3 is 5.11 Å². The van der Waals surface area contributed by atoms with Gasteiger partial charge in [-0.2, -0.15) is 8.42 Å². The fraction of sp³-hybridized carbons (Fsp3) is 0.167. The van der Waals surface area contributed by atoms with E-state index in [1.807, 2.05) is 6.07 Å². The summed E-state index contributed by atoms with van der Waals surface area (Å²) in [6, 6.07) is 8.55. The molecule has 0 atom stereocenters. The summed E-state index contributed by atoms with van der Waals surface area (Å²) in [6.45, 7) is 1.76. The van der Waals surface area contributed by atoms with Crippen molar-refractivity contribution in [3.8, 4) is 5.75 Å². The Morgan fingerprint density at radius 2 is 1.76 bits per heavy atom. The van der Waals surface area contributed by atoms with E-state index in [0.29, 0.717) is 11.1 Å². The lowest BCUT2D eigenvalue weighted by molar-refractivity contribution is 0.471. The van der Waals surface area contributed by atoms with Crippen LogP contribution in [-0.2, 0) is 15.9 Å². The molecule has 2 rings (SSSR count). The van der Waals surface area contributed by atoms with Gasteiger partial charge in [0.05, 0.1) is 0 Å². The lowest BCUT2D eigenvalue weighted by Gasteiger charge is -2.09. The lowest BCUT2D eigenvalue weighted by Crippen LogP contribution is -2.02. The summed E-state index contributed by atoms with van der Waals surface area (Å²) in [5.74, 6) is -0.469. The second kappa shape index (κ2) is 4.01. The summed E-state index contributed by atoms with van der Waals surface area (Å²) in [5, 5.41) is 11.2. The maximum atomic E-state index is 10.9. The summed E-state index contributed by atoms with van der Waals surface area (Å²) in [6.07, 6.45) is 0. The number of hydrogen-bond donors (Lipinski definition) is 2. The summed E-state index contributed by atoms with van der Waals surface area (Å²) >= 11 is 0. The number of phenols is 1. The highest BCUT2D eigenvalue weighted by Crippen LogP contribution is 2.30. The third-order valence-corrected chi connectivity index (χ3v) is 3.39. The van der Waals surface area contributed by atoms with Gasteiger partial charge in [0.25, 0.3) is 10.1 Å². The van der Waals surface area contributed by atoms with E-state index in [1.165, 1.54) is 6.07 Å². The molecule has 0 heterocycles. The van der Waals surface area contributed by atoms with E-state index in [2.05, 4.69) is 0 Å². The van der Waals surface area contributed by atoms with Crippen molar-refractivity contribution in [1.29, 1.82) is 0 Å². The van der Waals surface area contributed by atoms with E-state index in [4.69, 9.17) is 4.55 Å². The van der Waals surface area contributed by atoms with Crippen molar-refractivity contribution in [1.82, 2.24) is 0 Å². The normalized spacial score (nSPS) is 11.9. The molecule has 0 aliphatic heterocycles. The smallest absolute Gasteiger partial charge is 0.269 e. The molecule has 0 radical (unpaired) electrons. The highest BCUT2D eigenvalue weighted by atomic mass is 32.2. The van der Waals surface area contributed by atoms with Crippen molar-refractivity contribution >= 4 is 20.9 Å². The number of benzene rings is 2. The number of aromatic hydroxyl groups is 1. The van der Waals surface area contributed by atoms with Crippen molar-refractivity contribution in [2.75, 3.05) is 0 Å². The molecule has 0 aromatic heterocycles. The van der Waals surface area contributed by atoms with Gasteiger partial charge in [0.1, 0.15) is 11.5 Å². The summed E-state index contributed by atoms with van der Waals surface area (Å²) < 4.78 is 30.7. The zero-order valence-electron chi connectivity index (χ0n) is 9.21. The molecule has 0 fully saturated rings. The minimum atomic E-state index is -4.11. The van der Waals surface area contributed by atoms with Crippen LogP contribution in [0.4, 0.5) is 0 Å². The molecular formula is C12H12O4S. The van der Waals surface area contributed by atoms with E-state index in [-0.39, 0.29) is 5.75 Å². The molecule has 2 N–H and O–H groups in total. The zero-order valence-corrected chi connectivity index (χ0v) is 10.0. The molecule has 0 aliphatic rings. The van der Waals surface area contributed by atoms with Gasteiger partial charge in [0, 0.05) is 0 Å². The Hall–Kier alpha value is -1.59. The Labute approximate surface area is 99.3 Å². The summed E-state index contributed by atoms with van der Waals surface area (Å²) in [5.41, 5.74) is 1.09.